The van der Waals surface area contributed by atoms with Crippen molar-refractivity contribution in [3.05, 3.63) is 119 Å². The molecule has 1 N–H and O–H groups in total. The van der Waals surface area contributed by atoms with E-state index in [4.69, 9.17) is 26.4 Å². The Balaban J connectivity index is 0.000000841. The number of pyridine rings is 4. The van der Waals surface area contributed by atoms with Crippen molar-refractivity contribution in [1.82, 2.24) is 19.9 Å². The molecule has 4 heterocycles. The summed E-state index contributed by atoms with van der Waals surface area (Å²) >= 11 is 7.40. The van der Waals surface area contributed by atoms with E-state index >= 15 is 0 Å². The van der Waals surface area contributed by atoms with Crippen molar-refractivity contribution in [3.8, 4) is 34.9 Å². The smallest absolute Gasteiger partial charge is 0.753 e. The van der Waals surface area contributed by atoms with Crippen LogP contribution in [0.25, 0.3) is 45.7 Å². The zero-order chi connectivity index (χ0) is 32.6. The number of aromatic nitrogens is 4. The van der Waals surface area contributed by atoms with Crippen LogP contribution in [0.4, 0.5) is 0 Å². The Kier molecular flexibility index (Phi) is 20.7. The molecule has 0 aliphatic carbocycles. The summed E-state index contributed by atoms with van der Waals surface area (Å²) in [5.74, 6) is -1.50. The third-order valence-corrected chi connectivity index (χ3v) is 4.67. The summed E-state index contributed by atoms with van der Waals surface area (Å²) in [6.45, 7) is 0.156. The van der Waals surface area contributed by atoms with Gasteiger partial charge in [0.05, 0.1) is 22.8 Å². The van der Waals surface area contributed by atoms with E-state index in [1.807, 2.05) is 36.4 Å². The van der Waals surface area contributed by atoms with Crippen LogP contribution in [0.15, 0.2) is 96.8 Å². The summed E-state index contributed by atoms with van der Waals surface area (Å²) < 4.78 is 4.53. The van der Waals surface area contributed by atoms with E-state index in [9.17, 15) is 9.59 Å². The van der Waals surface area contributed by atoms with E-state index < -0.39 is 11.5 Å². The second-order valence-corrected chi connectivity index (χ2v) is 7.74. The summed E-state index contributed by atoms with van der Waals surface area (Å²) in [5.41, 5.74) is 3.34. The molecule has 222 valence electrons. The monoisotopic (exact) mass is 720 g/mol. The molecular weight excluding hydrogens is 702 g/mol. The van der Waals surface area contributed by atoms with Crippen molar-refractivity contribution < 1.29 is 38.9 Å². The second-order valence-electron chi connectivity index (χ2n) is 7.37. The van der Waals surface area contributed by atoms with Crippen molar-refractivity contribution in [2.45, 2.75) is 0 Å². The number of hydrogen-bond acceptors (Lipinski definition) is 11. The summed E-state index contributed by atoms with van der Waals surface area (Å²) in [5, 5.41) is 43.6. The Labute approximate surface area is 281 Å². The molecule has 0 fully saturated rings. The van der Waals surface area contributed by atoms with Gasteiger partial charge in [0.25, 0.3) is 6.47 Å². The van der Waals surface area contributed by atoms with E-state index in [0.29, 0.717) is 22.5 Å². The maximum Gasteiger partial charge on any atom is 2.00 e. The number of ether oxygens (including phenoxy) is 1. The first kappa shape index (κ1) is 39.2. The standard InChI is InChI=1S/C18H10N4O4.C10H8N2.2CNS.Ru/c19-9-14(18(24)25)5-12-1-3-21-16(7-12)17-8-13(2-4-22-17)6-15(10-20)26-11-23;1-3-7-11-9(5-1)10-6-2-4-8-12-10;2*2-1-3;/h1-8,11H,(H,24,25);1-8H;;;/q;;2*-1;+2/b14-5+,15-6+;;;;. The molecule has 12 nitrogen and oxygen atoms in total. The molecule has 0 unspecified atom stereocenters. The summed E-state index contributed by atoms with van der Waals surface area (Å²) in [6.07, 6.45) is 9.07. The van der Waals surface area contributed by atoms with Gasteiger partial charge in [-0.3, -0.25) is 24.7 Å². The van der Waals surface area contributed by atoms with Crippen LogP contribution >= 0.6 is 24.4 Å². The molecule has 4 aromatic rings. The molecule has 15 heteroatoms. The number of aliphatic carboxylic acids is 1. The maximum atomic E-state index is 10.9. The van der Waals surface area contributed by atoms with Crippen LogP contribution < -0.4 is 0 Å². The average Bonchev–Trinajstić information content (AvgIpc) is 3.05. The van der Waals surface area contributed by atoms with E-state index in [0.717, 1.165) is 11.4 Å². The van der Waals surface area contributed by atoms with Gasteiger partial charge in [0.15, 0.2) is 0 Å². The van der Waals surface area contributed by atoms with Crippen LogP contribution in [0.1, 0.15) is 11.1 Å². The fourth-order valence-corrected chi connectivity index (χ4v) is 2.99. The van der Waals surface area contributed by atoms with Gasteiger partial charge < -0.3 is 20.7 Å². The first-order valence-corrected chi connectivity index (χ1v) is 12.5. The van der Waals surface area contributed by atoms with Crippen LogP contribution in [0.2, 0.25) is 0 Å². The second kappa shape index (κ2) is 23.7. The van der Waals surface area contributed by atoms with Gasteiger partial charge >= 0.3 is 25.4 Å². The zero-order valence-corrected chi connectivity index (χ0v) is 26.1. The molecule has 0 saturated heterocycles. The predicted octanol–water partition coefficient (Wildman–Crippen LogP) is 5.63. The molecule has 0 radical (unpaired) electrons. The number of carboxylic acid groups (broad SMARTS) is 1. The number of thiocarbonyl (C=S) groups is 2. The number of carbonyl (C=O) groups excluding carboxylic acids is 1. The number of hydrogen-bond donors (Lipinski definition) is 1. The summed E-state index contributed by atoms with van der Waals surface area (Å²) in [6, 6.07) is 21.3. The molecule has 4 rings (SSSR count). The number of carboxylic acids is 1. The number of rotatable bonds is 7. The zero-order valence-electron chi connectivity index (χ0n) is 22.7. The van der Waals surface area contributed by atoms with Crippen molar-refractivity contribution in [2.75, 3.05) is 0 Å². The molecule has 45 heavy (non-hydrogen) atoms. The third-order valence-electron chi connectivity index (χ3n) is 4.67. The number of nitriles is 2. The normalized spacial score (nSPS) is 9.38. The summed E-state index contributed by atoms with van der Waals surface area (Å²) in [4.78, 5) is 38.0. The van der Waals surface area contributed by atoms with Gasteiger partial charge in [0.1, 0.15) is 17.7 Å². The summed E-state index contributed by atoms with van der Waals surface area (Å²) in [7, 11) is 0. The SMILES string of the molecule is N#C/C(=C\c1ccnc(-c2cc(/C=C(\C#N)C(=O)O)ccn2)c1)OC=O.[N-]=C=S.[N-]=C=S.[Ru+2].c1ccc(-c2ccccn2)nc1. The van der Waals surface area contributed by atoms with Crippen LogP contribution in [-0.2, 0) is 33.8 Å². The molecule has 0 aromatic carbocycles. The first-order valence-electron chi connectivity index (χ1n) is 11.7. The molecule has 0 aliphatic rings. The molecule has 0 amide bonds. The van der Waals surface area contributed by atoms with Crippen LogP contribution in [0.5, 0.6) is 0 Å². The minimum Gasteiger partial charge on any atom is -0.753 e. The Bertz CT molecular complexity index is 1710. The van der Waals surface area contributed by atoms with Gasteiger partial charge in [-0.1, -0.05) is 36.6 Å². The van der Waals surface area contributed by atoms with Gasteiger partial charge in [0.2, 0.25) is 5.76 Å². The maximum absolute atomic E-state index is 10.9. The third kappa shape index (κ3) is 15.3. The van der Waals surface area contributed by atoms with Crippen LogP contribution in [-0.4, -0.2) is 47.8 Å². The number of allylic oxidation sites excluding steroid dienone is 1. The van der Waals surface area contributed by atoms with E-state index in [2.05, 4.69) is 49.1 Å². The van der Waals surface area contributed by atoms with Gasteiger partial charge in [-0.2, -0.15) is 20.8 Å². The Hall–Kier alpha value is -5.78. The molecule has 0 bridgehead atoms. The first-order chi connectivity index (χ1) is 21.4. The van der Waals surface area contributed by atoms with Crippen molar-refractivity contribution in [1.29, 1.82) is 10.5 Å². The Morgan fingerprint density at radius 2 is 1.20 bits per heavy atom. The molecule has 0 spiro atoms. The fraction of sp³-hybridized carbons (Fsp3) is 0. The molecular formula is C30H18N8O4RuS2. The molecule has 4 aromatic heterocycles. The van der Waals surface area contributed by atoms with Crippen molar-refractivity contribution in [3.63, 3.8) is 0 Å². The van der Waals surface area contributed by atoms with E-state index in [-0.39, 0.29) is 31.7 Å². The van der Waals surface area contributed by atoms with E-state index in [1.165, 1.54) is 34.9 Å². The fourth-order valence-electron chi connectivity index (χ4n) is 2.99. The largest absolute Gasteiger partial charge is 2.00 e. The molecule has 0 saturated carbocycles. The quantitative estimate of drug-likeness (QED) is 0.0469. The van der Waals surface area contributed by atoms with Gasteiger partial charge in [0, 0.05) is 24.8 Å². The Morgan fingerprint density at radius 3 is 1.56 bits per heavy atom. The van der Waals surface area contributed by atoms with Crippen molar-refractivity contribution in [2.24, 2.45) is 0 Å². The number of isothiocyanates is 2. The molecule has 0 aliphatic heterocycles. The minimum absolute atomic E-state index is 0. The van der Waals surface area contributed by atoms with Crippen LogP contribution in [0, 0.1) is 22.7 Å². The average molecular weight is 720 g/mol. The van der Waals surface area contributed by atoms with Crippen LogP contribution in [0.3, 0.4) is 0 Å². The molecule has 0 atom stereocenters. The number of nitrogens with zero attached hydrogens (tertiary/aromatic N) is 8. The predicted molar refractivity (Wildman–Crippen MR) is 169 cm³/mol. The topological polar surface area (TPSA) is 207 Å². The van der Waals surface area contributed by atoms with Gasteiger partial charge in [-0.05, 0) is 71.8 Å². The van der Waals surface area contributed by atoms with Crippen molar-refractivity contribution >= 4 is 59.4 Å². The van der Waals surface area contributed by atoms with Gasteiger partial charge in [-0.25, -0.2) is 4.79 Å². The van der Waals surface area contributed by atoms with Gasteiger partial charge in [-0.15, -0.1) is 0 Å². The number of carbonyl (C=O) groups is 2. The minimum atomic E-state index is -1.32. The Morgan fingerprint density at radius 1 is 0.756 bits per heavy atom. The van der Waals surface area contributed by atoms with E-state index in [1.54, 1.807) is 48.8 Å².